The van der Waals surface area contributed by atoms with Gasteiger partial charge in [0.1, 0.15) is 0 Å². The Hall–Kier alpha value is -3.07. The number of carbonyl (C=O) groups excluding carboxylic acids is 2. The van der Waals surface area contributed by atoms with Crippen LogP contribution in [-0.2, 0) is 15.7 Å². The Kier molecular flexibility index (Phi) is 8.02. The molecule has 2 rings (SSSR count). The lowest BCUT2D eigenvalue weighted by Gasteiger charge is -2.11. The molecule has 9 heteroatoms. The normalized spacial score (nSPS) is 11.0. The molecule has 0 aliphatic heterocycles. The summed E-state index contributed by atoms with van der Waals surface area (Å²) in [4.78, 5) is 24.1. The molecule has 0 aliphatic carbocycles. The molecule has 0 unspecified atom stereocenters. The number of anilines is 2. The average Bonchev–Trinajstić information content (AvgIpc) is 2.69. The van der Waals surface area contributed by atoms with Gasteiger partial charge < -0.3 is 20.7 Å². The van der Waals surface area contributed by atoms with E-state index in [1.54, 1.807) is 19.2 Å². The maximum atomic E-state index is 12.8. The monoisotopic (exact) mass is 409 g/mol. The average molecular weight is 409 g/mol. The van der Waals surface area contributed by atoms with Crippen LogP contribution in [0.3, 0.4) is 0 Å². The van der Waals surface area contributed by atoms with Gasteiger partial charge in [-0.15, -0.1) is 0 Å². The number of hydrogen-bond donors (Lipinski definition) is 3. The number of hydrogen-bond acceptors (Lipinski definition) is 4. The van der Waals surface area contributed by atoms with Crippen LogP contribution < -0.4 is 16.0 Å². The van der Waals surface area contributed by atoms with E-state index in [4.69, 9.17) is 4.74 Å². The highest BCUT2D eigenvalue weighted by Gasteiger charge is 2.30. The second-order valence-electron chi connectivity index (χ2n) is 6.16. The van der Waals surface area contributed by atoms with E-state index in [0.717, 1.165) is 12.1 Å². The molecule has 0 bridgehead atoms. The van der Waals surface area contributed by atoms with Gasteiger partial charge >= 0.3 is 6.18 Å². The molecule has 0 saturated heterocycles. The summed E-state index contributed by atoms with van der Waals surface area (Å²) in [6.07, 6.45) is -3.79. The Morgan fingerprint density at radius 2 is 1.76 bits per heavy atom. The van der Waals surface area contributed by atoms with Gasteiger partial charge in [-0.1, -0.05) is 12.1 Å². The molecule has 3 N–H and O–H groups in total. The van der Waals surface area contributed by atoms with Crippen LogP contribution in [0.4, 0.5) is 24.5 Å². The number of ether oxygens (including phenoxy) is 1. The van der Waals surface area contributed by atoms with Gasteiger partial charge in [-0.2, -0.15) is 13.2 Å². The van der Waals surface area contributed by atoms with Crippen molar-refractivity contribution in [3.8, 4) is 0 Å². The van der Waals surface area contributed by atoms with E-state index in [9.17, 15) is 22.8 Å². The lowest BCUT2D eigenvalue weighted by atomic mass is 10.1. The van der Waals surface area contributed by atoms with Crippen LogP contribution in [0.15, 0.2) is 48.5 Å². The largest absolute Gasteiger partial charge is 0.416 e. The Morgan fingerprint density at radius 1 is 1.03 bits per heavy atom. The quantitative estimate of drug-likeness (QED) is 0.554. The Labute approximate surface area is 166 Å². The van der Waals surface area contributed by atoms with Crippen LogP contribution >= 0.6 is 0 Å². The number of amides is 2. The van der Waals surface area contributed by atoms with Crippen LogP contribution in [0.25, 0.3) is 0 Å². The van der Waals surface area contributed by atoms with Crippen molar-refractivity contribution in [3.05, 3.63) is 59.7 Å². The molecule has 29 heavy (non-hydrogen) atoms. The van der Waals surface area contributed by atoms with E-state index in [2.05, 4.69) is 16.0 Å². The highest BCUT2D eigenvalue weighted by molar-refractivity contribution is 6.04. The number of nitrogens with one attached hydrogen (secondary N) is 3. The molecular weight excluding hydrogens is 387 g/mol. The summed E-state index contributed by atoms with van der Waals surface area (Å²) < 4.78 is 43.3. The third-order valence-corrected chi connectivity index (χ3v) is 3.87. The van der Waals surface area contributed by atoms with Crippen LogP contribution in [0.5, 0.6) is 0 Å². The lowest BCUT2D eigenvalue weighted by Crippen LogP contribution is -2.31. The Balaban J connectivity index is 1.93. The van der Waals surface area contributed by atoms with Crippen molar-refractivity contribution in [2.75, 3.05) is 37.4 Å². The van der Waals surface area contributed by atoms with Crippen molar-refractivity contribution in [2.45, 2.75) is 12.6 Å². The standard InChI is InChI=1S/C20H22F3N3O3/c1-29-10-4-9-24-18(27)13-25-16-7-2-5-14(11-16)19(28)26-17-8-3-6-15(12-17)20(21,22)23/h2-3,5-8,11-12,25H,4,9-10,13H2,1H3,(H,24,27)(H,26,28). The highest BCUT2D eigenvalue weighted by Crippen LogP contribution is 2.30. The third-order valence-electron chi connectivity index (χ3n) is 3.87. The summed E-state index contributed by atoms with van der Waals surface area (Å²) >= 11 is 0. The Bertz CT molecular complexity index is 841. The molecule has 0 aromatic heterocycles. The van der Waals surface area contributed by atoms with E-state index >= 15 is 0 Å². The fourth-order valence-corrected chi connectivity index (χ4v) is 2.44. The zero-order valence-corrected chi connectivity index (χ0v) is 15.8. The fourth-order valence-electron chi connectivity index (χ4n) is 2.44. The van der Waals surface area contributed by atoms with Gasteiger partial charge in [0.05, 0.1) is 12.1 Å². The third kappa shape index (κ3) is 7.46. The molecule has 0 saturated carbocycles. The van der Waals surface area contributed by atoms with Gasteiger partial charge in [-0.25, -0.2) is 0 Å². The summed E-state index contributed by atoms with van der Waals surface area (Å²) in [7, 11) is 1.58. The molecule has 0 fully saturated rings. The van der Waals surface area contributed by atoms with E-state index < -0.39 is 17.6 Å². The molecule has 2 aromatic carbocycles. The van der Waals surface area contributed by atoms with Crippen molar-refractivity contribution in [3.63, 3.8) is 0 Å². The summed E-state index contributed by atoms with van der Waals surface area (Å²) in [6.45, 7) is 1.07. The van der Waals surface area contributed by atoms with E-state index in [1.807, 2.05) is 0 Å². The first-order chi connectivity index (χ1) is 13.8. The summed E-state index contributed by atoms with van der Waals surface area (Å²) in [5, 5.41) is 8.07. The van der Waals surface area contributed by atoms with Gasteiger partial charge in [0.15, 0.2) is 0 Å². The van der Waals surface area contributed by atoms with Crippen molar-refractivity contribution < 1.29 is 27.5 Å². The number of halogens is 3. The van der Waals surface area contributed by atoms with Crippen LogP contribution in [0.1, 0.15) is 22.3 Å². The zero-order valence-electron chi connectivity index (χ0n) is 15.8. The molecule has 0 atom stereocenters. The van der Waals surface area contributed by atoms with E-state index in [1.165, 1.54) is 24.3 Å². The van der Waals surface area contributed by atoms with Crippen molar-refractivity contribution in [1.82, 2.24) is 5.32 Å². The molecule has 156 valence electrons. The highest BCUT2D eigenvalue weighted by atomic mass is 19.4. The number of alkyl halides is 3. The first kappa shape index (κ1) is 22.2. The molecule has 2 amide bonds. The van der Waals surface area contributed by atoms with Crippen LogP contribution in [0.2, 0.25) is 0 Å². The van der Waals surface area contributed by atoms with Crippen molar-refractivity contribution in [1.29, 1.82) is 0 Å². The van der Waals surface area contributed by atoms with Gasteiger partial charge in [-0.3, -0.25) is 9.59 Å². The molecule has 2 aromatic rings. The predicted molar refractivity (Wildman–Crippen MR) is 104 cm³/mol. The smallest absolute Gasteiger partial charge is 0.385 e. The molecular formula is C20H22F3N3O3. The number of benzene rings is 2. The Morgan fingerprint density at radius 3 is 2.48 bits per heavy atom. The topological polar surface area (TPSA) is 79.5 Å². The molecule has 0 radical (unpaired) electrons. The minimum atomic E-state index is -4.49. The number of carbonyl (C=O) groups is 2. The molecule has 0 heterocycles. The predicted octanol–water partition coefficient (Wildman–Crippen LogP) is 3.52. The number of methoxy groups -OCH3 is 1. The van der Waals surface area contributed by atoms with Gasteiger partial charge in [-0.05, 0) is 42.8 Å². The SMILES string of the molecule is COCCCNC(=O)CNc1cccc(C(=O)Nc2cccc(C(F)(F)F)c2)c1. The maximum absolute atomic E-state index is 12.8. The van der Waals surface area contributed by atoms with Crippen molar-refractivity contribution in [2.24, 2.45) is 0 Å². The van der Waals surface area contributed by atoms with Gasteiger partial charge in [0.2, 0.25) is 5.91 Å². The first-order valence-corrected chi connectivity index (χ1v) is 8.88. The minimum Gasteiger partial charge on any atom is -0.385 e. The van der Waals surface area contributed by atoms with Crippen molar-refractivity contribution >= 4 is 23.2 Å². The summed E-state index contributed by atoms with van der Waals surface area (Å²) in [5.74, 6) is -0.767. The van der Waals surface area contributed by atoms with E-state index in [-0.39, 0.29) is 23.7 Å². The molecule has 0 spiro atoms. The number of rotatable bonds is 9. The van der Waals surface area contributed by atoms with Crippen LogP contribution in [0, 0.1) is 0 Å². The van der Waals surface area contributed by atoms with E-state index in [0.29, 0.717) is 25.3 Å². The summed E-state index contributed by atoms with van der Waals surface area (Å²) in [6, 6.07) is 10.7. The minimum absolute atomic E-state index is 0.0195. The molecule has 0 aliphatic rings. The first-order valence-electron chi connectivity index (χ1n) is 8.88. The maximum Gasteiger partial charge on any atom is 0.416 e. The molecule has 6 nitrogen and oxygen atoms in total. The fraction of sp³-hybridized carbons (Fsp3) is 0.300. The van der Waals surface area contributed by atoms with Gasteiger partial charge in [0.25, 0.3) is 5.91 Å². The van der Waals surface area contributed by atoms with Gasteiger partial charge in [0, 0.05) is 37.2 Å². The second kappa shape index (κ2) is 10.5. The zero-order chi connectivity index (χ0) is 21.3. The lowest BCUT2D eigenvalue weighted by molar-refractivity contribution is -0.137. The summed E-state index contributed by atoms with van der Waals surface area (Å²) in [5.41, 5.74) is -0.0255. The second-order valence-corrected chi connectivity index (χ2v) is 6.16. The van der Waals surface area contributed by atoms with Crippen LogP contribution in [-0.4, -0.2) is 38.6 Å².